The van der Waals surface area contributed by atoms with Gasteiger partial charge in [-0.05, 0) is 31.0 Å². The zero-order valence-corrected chi connectivity index (χ0v) is 12.9. The van der Waals surface area contributed by atoms with Gasteiger partial charge in [0.1, 0.15) is 11.9 Å². The molecule has 116 valence electrons. The molecule has 22 heavy (non-hydrogen) atoms. The number of ether oxygens (including phenoxy) is 1. The van der Waals surface area contributed by atoms with Gasteiger partial charge in [-0.15, -0.1) is 0 Å². The van der Waals surface area contributed by atoms with Gasteiger partial charge < -0.3 is 15.8 Å². The zero-order chi connectivity index (χ0) is 15.6. The van der Waals surface area contributed by atoms with Gasteiger partial charge in [0.2, 0.25) is 0 Å². The lowest BCUT2D eigenvalue weighted by Crippen LogP contribution is -2.34. The van der Waals surface area contributed by atoms with Gasteiger partial charge in [-0.25, -0.2) is 4.99 Å². The number of rotatable bonds is 7. The molecule has 1 atom stereocenters. The molecule has 2 aromatic carbocycles. The topological polar surface area (TPSA) is 59.6 Å². The van der Waals surface area contributed by atoms with Crippen LogP contribution in [-0.4, -0.2) is 25.2 Å². The number of hydrogen-bond acceptors (Lipinski definition) is 2. The van der Waals surface area contributed by atoms with Gasteiger partial charge in [-0.2, -0.15) is 0 Å². The minimum atomic E-state index is -0.0168. The maximum atomic E-state index is 5.86. The molecule has 0 fully saturated rings. The van der Waals surface area contributed by atoms with Crippen molar-refractivity contribution in [1.82, 2.24) is 5.32 Å². The lowest BCUT2D eigenvalue weighted by molar-refractivity contribution is 0.230. The fourth-order valence-corrected chi connectivity index (χ4v) is 2.03. The number of para-hydroxylation sites is 1. The SMILES string of the molecule is CC(CN=C(N)NCCc1ccccc1)Oc1ccccc1. The molecule has 1 unspecified atom stereocenters. The van der Waals surface area contributed by atoms with Crippen molar-refractivity contribution in [2.75, 3.05) is 13.1 Å². The highest BCUT2D eigenvalue weighted by molar-refractivity contribution is 5.77. The third kappa shape index (κ3) is 5.87. The van der Waals surface area contributed by atoms with Crippen LogP contribution in [-0.2, 0) is 6.42 Å². The van der Waals surface area contributed by atoms with Crippen LogP contribution in [0.1, 0.15) is 12.5 Å². The first-order chi connectivity index (χ1) is 10.7. The largest absolute Gasteiger partial charge is 0.489 e. The molecule has 0 radical (unpaired) electrons. The lowest BCUT2D eigenvalue weighted by Gasteiger charge is -2.13. The summed E-state index contributed by atoms with van der Waals surface area (Å²) < 4.78 is 5.75. The number of hydrogen-bond donors (Lipinski definition) is 2. The molecular formula is C18H23N3O. The first-order valence-electron chi connectivity index (χ1n) is 7.53. The average Bonchev–Trinajstić information content (AvgIpc) is 2.55. The molecule has 0 aliphatic heterocycles. The summed E-state index contributed by atoms with van der Waals surface area (Å²) in [5, 5.41) is 3.12. The van der Waals surface area contributed by atoms with E-state index in [1.165, 1.54) is 5.56 Å². The van der Waals surface area contributed by atoms with Crippen LogP contribution in [0.25, 0.3) is 0 Å². The molecule has 0 heterocycles. The van der Waals surface area contributed by atoms with E-state index in [9.17, 15) is 0 Å². The van der Waals surface area contributed by atoms with E-state index in [0.717, 1.165) is 18.7 Å². The smallest absolute Gasteiger partial charge is 0.188 e. The normalized spacial score (nSPS) is 12.7. The second-order valence-electron chi connectivity index (χ2n) is 5.13. The molecule has 0 amide bonds. The molecular weight excluding hydrogens is 274 g/mol. The highest BCUT2D eigenvalue weighted by atomic mass is 16.5. The number of benzene rings is 2. The average molecular weight is 297 g/mol. The van der Waals surface area contributed by atoms with Gasteiger partial charge in [-0.1, -0.05) is 48.5 Å². The van der Waals surface area contributed by atoms with Crippen molar-refractivity contribution in [2.45, 2.75) is 19.4 Å². The Balaban J connectivity index is 1.68. The summed E-state index contributed by atoms with van der Waals surface area (Å²) in [7, 11) is 0. The molecule has 0 saturated carbocycles. The molecule has 0 bridgehead atoms. The number of nitrogens with two attached hydrogens (primary N) is 1. The highest BCUT2D eigenvalue weighted by Gasteiger charge is 2.03. The van der Waals surface area contributed by atoms with Crippen LogP contribution in [0.15, 0.2) is 65.7 Å². The Hall–Kier alpha value is -2.49. The van der Waals surface area contributed by atoms with Crippen molar-refractivity contribution in [2.24, 2.45) is 10.7 Å². The molecule has 2 aromatic rings. The Bertz CT molecular complexity index is 569. The first kappa shape index (κ1) is 15.9. The first-order valence-corrected chi connectivity index (χ1v) is 7.53. The van der Waals surface area contributed by atoms with Crippen molar-refractivity contribution in [3.8, 4) is 5.75 Å². The summed E-state index contributed by atoms with van der Waals surface area (Å²) in [6, 6.07) is 20.0. The molecule has 0 aliphatic rings. The summed E-state index contributed by atoms with van der Waals surface area (Å²) in [5.74, 6) is 1.31. The third-order valence-electron chi connectivity index (χ3n) is 3.16. The summed E-state index contributed by atoms with van der Waals surface area (Å²) in [5.41, 5.74) is 7.14. The fourth-order valence-electron chi connectivity index (χ4n) is 2.03. The van der Waals surface area contributed by atoms with Crippen molar-refractivity contribution in [1.29, 1.82) is 0 Å². The Morgan fingerprint density at radius 3 is 2.41 bits per heavy atom. The van der Waals surface area contributed by atoms with E-state index in [4.69, 9.17) is 10.5 Å². The van der Waals surface area contributed by atoms with E-state index >= 15 is 0 Å². The van der Waals surface area contributed by atoms with Crippen LogP contribution < -0.4 is 15.8 Å². The van der Waals surface area contributed by atoms with E-state index in [1.807, 2.05) is 55.5 Å². The third-order valence-corrected chi connectivity index (χ3v) is 3.16. The van der Waals surface area contributed by atoms with Gasteiger partial charge in [0, 0.05) is 6.54 Å². The monoisotopic (exact) mass is 297 g/mol. The van der Waals surface area contributed by atoms with Gasteiger partial charge in [0.15, 0.2) is 5.96 Å². The summed E-state index contributed by atoms with van der Waals surface area (Å²) in [6.45, 7) is 3.28. The fraction of sp³-hybridized carbons (Fsp3) is 0.278. The number of nitrogens with zero attached hydrogens (tertiary/aromatic N) is 1. The van der Waals surface area contributed by atoms with Crippen molar-refractivity contribution < 1.29 is 4.74 Å². The van der Waals surface area contributed by atoms with E-state index < -0.39 is 0 Å². The van der Waals surface area contributed by atoms with Gasteiger partial charge in [0.25, 0.3) is 0 Å². The predicted octanol–water partition coefficient (Wildman–Crippen LogP) is 2.60. The molecule has 0 spiro atoms. The maximum absolute atomic E-state index is 5.86. The van der Waals surface area contributed by atoms with Crippen LogP contribution in [0.4, 0.5) is 0 Å². The predicted molar refractivity (Wildman–Crippen MR) is 91.2 cm³/mol. The van der Waals surface area contributed by atoms with Crippen LogP contribution in [0.2, 0.25) is 0 Å². The zero-order valence-electron chi connectivity index (χ0n) is 12.9. The Labute approximate surface area is 132 Å². The minimum Gasteiger partial charge on any atom is -0.489 e. The van der Waals surface area contributed by atoms with Crippen LogP contribution >= 0.6 is 0 Å². The summed E-state index contributed by atoms with van der Waals surface area (Å²) >= 11 is 0. The molecule has 0 aromatic heterocycles. The lowest BCUT2D eigenvalue weighted by atomic mass is 10.1. The number of aliphatic imine (C=N–C) groups is 1. The molecule has 2 rings (SSSR count). The van der Waals surface area contributed by atoms with E-state index in [0.29, 0.717) is 12.5 Å². The summed E-state index contributed by atoms with van der Waals surface area (Å²) in [6.07, 6.45) is 0.907. The number of guanidine groups is 1. The molecule has 4 nitrogen and oxygen atoms in total. The molecule has 0 aliphatic carbocycles. The Morgan fingerprint density at radius 2 is 1.73 bits per heavy atom. The Kier molecular flexibility index (Phi) is 6.30. The van der Waals surface area contributed by atoms with Crippen LogP contribution in [0, 0.1) is 0 Å². The minimum absolute atomic E-state index is 0.0168. The number of nitrogens with one attached hydrogen (secondary N) is 1. The van der Waals surface area contributed by atoms with Crippen molar-refractivity contribution in [3.05, 3.63) is 66.2 Å². The van der Waals surface area contributed by atoms with E-state index in [2.05, 4.69) is 22.4 Å². The van der Waals surface area contributed by atoms with Crippen LogP contribution in [0.5, 0.6) is 5.75 Å². The van der Waals surface area contributed by atoms with Crippen molar-refractivity contribution in [3.63, 3.8) is 0 Å². The van der Waals surface area contributed by atoms with E-state index in [1.54, 1.807) is 0 Å². The second kappa shape index (κ2) is 8.72. The van der Waals surface area contributed by atoms with Gasteiger partial charge in [-0.3, -0.25) is 0 Å². The highest BCUT2D eigenvalue weighted by Crippen LogP contribution is 2.10. The van der Waals surface area contributed by atoms with Gasteiger partial charge >= 0.3 is 0 Å². The van der Waals surface area contributed by atoms with Crippen molar-refractivity contribution >= 4 is 5.96 Å². The van der Waals surface area contributed by atoms with Gasteiger partial charge in [0.05, 0.1) is 6.54 Å². The maximum Gasteiger partial charge on any atom is 0.188 e. The second-order valence-corrected chi connectivity index (χ2v) is 5.13. The quantitative estimate of drug-likeness (QED) is 0.610. The summed E-state index contributed by atoms with van der Waals surface area (Å²) in [4.78, 5) is 4.31. The molecule has 0 saturated heterocycles. The Morgan fingerprint density at radius 1 is 1.09 bits per heavy atom. The molecule has 4 heteroatoms. The molecule has 3 N–H and O–H groups in total. The van der Waals surface area contributed by atoms with Crippen LogP contribution in [0.3, 0.4) is 0 Å². The standard InChI is InChI=1S/C18H23N3O/c1-15(22-17-10-6-3-7-11-17)14-21-18(19)20-13-12-16-8-4-2-5-9-16/h2-11,15H,12-14H2,1H3,(H3,19,20,21). The van der Waals surface area contributed by atoms with E-state index in [-0.39, 0.29) is 6.10 Å².